The lowest BCUT2D eigenvalue weighted by atomic mass is 10.1. The third-order valence-electron chi connectivity index (χ3n) is 4.91. The normalized spacial score (nSPS) is 11.2. The Morgan fingerprint density at radius 1 is 1.03 bits per heavy atom. The van der Waals surface area contributed by atoms with Crippen LogP contribution in [0.25, 0.3) is 10.9 Å². The molecule has 0 bridgehead atoms. The number of hydrogen-bond acceptors (Lipinski definition) is 2. The zero-order valence-corrected chi connectivity index (χ0v) is 18.1. The molecule has 1 amide bonds. The molecule has 1 heterocycles. The molecule has 4 nitrogen and oxygen atoms in total. The molecule has 1 N–H and O–H groups in total. The summed E-state index contributed by atoms with van der Waals surface area (Å²) in [4.78, 5) is 12.3. The van der Waals surface area contributed by atoms with Crippen LogP contribution in [0.3, 0.4) is 0 Å². The molecule has 0 unspecified atom stereocenters. The van der Waals surface area contributed by atoms with Crippen LogP contribution in [0.4, 0.5) is 0 Å². The third kappa shape index (κ3) is 4.24. The Balaban J connectivity index is 1.63. The maximum Gasteiger partial charge on any atom is 0.271 e. The fraction of sp³-hybridized carbons (Fsp3) is 0.0833. The predicted molar refractivity (Wildman–Crippen MR) is 126 cm³/mol. The van der Waals surface area contributed by atoms with Gasteiger partial charge in [-0.1, -0.05) is 54.6 Å². The van der Waals surface area contributed by atoms with Gasteiger partial charge in [0.1, 0.15) is 0 Å². The summed E-state index contributed by atoms with van der Waals surface area (Å²) < 4.78 is 3.30. The van der Waals surface area contributed by atoms with Crippen LogP contribution in [0.2, 0.25) is 0 Å². The predicted octanol–water partition coefficient (Wildman–Crippen LogP) is 5.37. The molecule has 1 aromatic heterocycles. The van der Waals surface area contributed by atoms with Crippen molar-refractivity contribution < 1.29 is 4.79 Å². The number of hydrogen-bond donors (Lipinski definition) is 1. The number of aromatic nitrogens is 1. The minimum absolute atomic E-state index is 0.217. The van der Waals surface area contributed by atoms with E-state index in [9.17, 15) is 4.79 Å². The molecule has 0 aliphatic carbocycles. The second-order valence-corrected chi connectivity index (χ2v) is 8.04. The van der Waals surface area contributed by atoms with E-state index in [0.29, 0.717) is 5.56 Å². The van der Waals surface area contributed by atoms with Crippen LogP contribution in [0.1, 0.15) is 27.2 Å². The molecule has 3 aromatic carbocycles. The standard InChI is InChI=1S/C24H20IN3O/c1-17-22(15-26-27-24(29)19-10-7-11-20(25)14-19)21-12-5-6-13-23(21)28(17)16-18-8-3-2-4-9-18/h2-15H,16H2,1H3,(H,27,29)/b26-15-. The number of para-hydroxylation sites is 1. The summed E-state index contributed by atoms with van der Waals surface area (Å²) >= 11 is 2.19. The van der Waals surface area contributed by atoms with Crippen LogP contribution < -0.4 is 5.43 Å². The molecule has 5 heteroatoms. The lowest BCUT2D eigenvalue weighted by Crippen LogP contribution is -2.17. The van der Waals surface area contributed by atoms with Crippen LogP contribution in [0.5, 0.6) is 0 Å². The summed E-state index contributed by atoms with van der Waals surface area (Å²) in [5, 5.41) is 5.36. The third-order valence-corrected chi connectivity index (χ3v) is 5.58. The average Bonchev–Trinajstić information content (AvgIpc) is 3.00. The average molecular weight is 493 g/mol. The first-order valence-corrected chi connectivity index (χ1v) is 10.4. The van der Waals surface area contributed by atoms with Gasteiger partial charge in [0.15, 0.2) is 0 Å². The molecule has 4 rings (SSSR count). The van der Waals surface area contributed by atoms with E-state index in [1.54, 1.807) is 12.3 Å². The SMILES string of the molecule is Cc1c(/C=N\NC(=O)c2cccc(I)c2)c2ccccc2n1Cc1ccccc1. The van der Waals surface area contributed by atoms with Gasteiger partial charge in [-0.15, -0.1) is 0 Å². The van der Waals surface area contributed by atoms with Crippen molar-refractivity contribution in [1.29, 1.82) is 0 Å². The van der Waals surface area contributed by atoms with E-state index in [2.05, 4.69) is 81.0 Å². The summed E-state index contributed by atoms with van der Waals surface area (Å²) in [5.41, 5.74) is 7.76. The highest BCUT2D eigenvalue weighted by molar-refractivity contribution is 14.1. The molecule has 0 atom stereocenters. The lowest BCUT2D eigenvalue weighted by molar-refractivity contribution is 0.0955. The summed E-state index contributed by atoms with van der Waals surface area (Å²) in [6.07, 6.45) is 1.74. The second kappa shape index (κ2) is 8.61. The maximum absolute atomic E-state index is 12.3. The number of carbonyl (C=O) groups is 1. The molecule has 144 valence electrons. The fourth-order valence-electron chi connectivity index (χ4n) is 3.44. The van der Waals surface area contributed by atoms with Crippen molar-refractivity contribution in [2.45, 2.75) is 13.5 Å². The van der Waals surface area contributed by atoms with Crippen molar-refractivity contribution in [1.82, 2.24) is 9.99 Å². The second-order valence-electron chi connectivity index (χ2n) is 6.80. The highest BCUT2D eigenvalue weighted by atomic mass is 127. The Hall–Kier alpha value is -2.93. The van der Waals surface area contributed by atoms with Gasteiger partial charge in [0.2, 0.25) is 0 Å². The summed E-state index contributed by atoms with van der Waals surface area (Å²) in [6, 6.07) is 26.1. The number of amides is 1. The van der Waals surface area contributed by atoms with E-state index < -0.39 is 0 Å². The molecule has 0 saturated heterocycles. The highest BCUT2D eigenvalue weighted by Crippen LogP contribution is 2.25. The molecule has 4 aromatic rings. The van der Waals surface area contributed by atoms with Gasteiger partial charge in [0.05, 0.1) is 6.21 Å². The summed E-state index contributed by atoms with van der Waals surface area (Å²) in [5.74, 6) is -0.217. The topological polar surface area (TPSA) is 46.4 Å². The Labute approximate surface area is 183 Å². The first kappa shape index (κ1) is 19.4. The van der Waals surface area contributed by atoms with Crippen molar-refractivity contribution in [3.63, 3.8) is 0 Å². The monoisotopic (exact) mass is 493 g/mol. The summed E-state index contributed by atoms with van der Waals surface area (Å²) in [7, 11) is 0. The van der Waals surface area contributed by atoms with Gasteiger partial charge >= 0.3 is 0 Å². The smallest absolute Gasteiger partial charge is 0.271 e. The molecule has 0 radical (unpaired) electrons. The number of nitrogens with one attached hydrogen (secondary N) is 1. The van der Waals surface area contributed by atoms with Crippen molar-refractivity contribution >= 4 is 45.6 Å². The molecular weight excluding hydrogens is 473 g/mol. The number of carbonyl (C=O) groups excluding carboxylic acids is 1. The first-order chi connectivity index (χ1) is 14.1. The van der Waals surface area contributed by atoms with Gasteiger partial charge in [-0.3, -0.25) is 4.79 Å². The molecule has 0 aliphatic rings. The Bertz CT molecular complexity index is 1200. The van der Waals surface area contributed by atoms with Gasteiger partial charge < -0.3 is 4.57 Å². The molecular formula is C24H20IN3O. The van der Waals surface area contributed by atoms with Gasteiger partial charge in [-0.2, -0.15) is 5.10 Å². The number of halogens is 1. The quantitative estimate of drug-likeness (QED) is 0.227. The van der Waals surface area contributed by atoms with Gasteiger partial charge in [-0.05, 0) is 59.3 Å². The molecule has 0 spiro atoms. The minimum atomic E-state index is -0.217. The van der Waals surface area contributed by atoms with Crippen LogP contribution in [0.15, 0.2) is 84.0 Å². The van der Waals surface area contributed by atoms with E-state index >= 15 is 0 Å². The fourth-order valence-corrected chi connectivity index (χ4v) is 3.98. The lowest BCUT2D eigenvalue weighted by Gasteiger charge is -2.08. The first-order valence-electron chi connectivity index (χ1n) is 9.34. The zero-order valence-electron chi connectivity index (χ0n) is 16.0. The number of fused-ring (bicyclic) bond motifs is 1. The van der Waals surface area contributed by atoms with E-state index in [-0.39, 0.29) is 5.91 Å². The Morgan fingerprint density at radius 3 is 2.59 bits per heavy atom. The summed E-state index contributed by atoms with van der Waals surface area (Å²) in [6.45, 7) is 2.88. The van der Waals surface area contributed by atoms with Gasteiger partial charge in [0, 0.05) is 37.8 Å². The minimum Gasteiger partial charge on any atom is -0.340 e. The van der Waals surface area contributed by atoms with Crippen molar-refractivity contribution in [3.8, 4) is 0 Å². The van der Waals surface area contributed by atoms with E-state index in [4.69, 9.17) is 0 Å². The van der Waals surface area contributed by atoms with Crippen LogP contribution in [0, 0.1) is 10.5 Å². The molecule has 0 aliphatic heterocycles. The number of hydrazone groups is 1. The Morgan fingerprint density at radius 2 is 1.79 bits per heavy atom. The van der Waals surface area contributed by atoms with Crippen molar-refractivity contribution in [2.75, 3.05) is 0 Å². The number of nitrogens with zero attached hydrogens (tertiary/aromatic N) is 2. The van der Waals surface area contributed by atoms with Crippen LogP contribution in [-0.4, -0.2) is 16.7 Å². The number of rotatable bonds is 5. The van der Waals surface area contributed by atoms with E-state index in [1.807, 2.05) is 36.4 Å². The van der Waals surface area contributed by atoms with Crippen molar-refractivity contribution in [2.24, 2.45) is 5.10 Å². The molecule has 0 saturated carbocycles. The molecule has 0 fully saturated rings. The van der Waals surface area contributed by atoms with Crippen LogP contribution >= 0.6 is 22.6 Å². The zero-order chi connectivity index (χ0) is 20.2. The van der Waals surface area contributed by atoms with Gasteiger partial charge in [-0.25, -0.2) is 5.43 Å². The number of benzene rings is 3. The van der Waals surface area contributed by atoms with Gasteiger partial charge in [0.25, 0.3) is 5.91 Å². The molecule has 29 heavy (non-hydrogen) atoms. The van der Waals surface area contributed by atoms with Crippen molar-refractivity contribution in [3.05, 3.63) is 105 Å². The maximum atomic E-state index is 12.3. The largest absolute Gasteiger partial charge is 0.340 e. The van der Waals surface area contributed by atoms with Crippen LogP contribution in [-0.2, 0) is 6.54 Å². The van der Waals surface area contributed by atoms with E-state index in [0.717, 1.165) is 32.3 Å². The Kier molecular flexibility index (Phi) is 5.76. The highest BCUT2D eigenvalue weighted by Gasteiger charge is 2.13. The van der Waals surface area contributed by atoms with E-state index in [1.165, 1.54) is 5.56 Å².